The van der Waals surface area contributed by atoms with E-state index in [1.165, 1.54) is 0 Å². The summed E-state index contributed by atoms with van der Waals surface area (Å²) in [5.74, 6) is 0.438. The normalized spacial score (nSPS) is 12.5. The van der Waals surface area contributed by atoms with Gasteiger partial charge in [0.05, 0.1) is 4.90 Å². The fourth-order valence-corrected chi connectivity index (χ4v) is 3.27. The second-order valence-corrected chi connectivity index (χ2v) is 6.76. The maximum atomic E-state index is 12.5. The summed E-state index contributed by atoms with van der Waals surface area (Å²) >= 11 is 0. The van der Waals surface area contributed by atoms with Crippen LogP contribution in [0.1, 0.15) is 19.4 Å². The molecule has 0 heterocycles. The Bertz CT molecular complexity index is 794. The summed E-state index contributed by atoms with van der Waals surface area (Å²) in [5, 5.41) is 0. The van der Waals surface area contributed by atoms with Crippen molar-refractivity contribution in [3.63, 3.8) is 0 Å². The van der Waals surface area contributed by atoms with Crippen LogP contribution in [0.15, 0.2) is 76.0 Å². The van der Waals surface area contributed by atoms with Gasteiger partial charge < -0.3 is 4.90 Å². The zero-order valence-electron chi connectivity index (χ0n) is 14.0. The van der Waals surface area contributed by atoms with Crippen LogP contribution in [0.3, 0.4) is 0 Å². The lowest BCUT2D eigenvalue weighted by Crippen LogP contribution is -2.30. The van der Waals surface area contributed by atoms with Crippen LogP contribution in [0.4, 0.5) is 0 Å². The Hall–Kier alpha value is -2.40. The van der Waals surface area contributed by atoms with Crippen LogP contribution in [-0.4, -0.2) is 32.2 Å². The molecule has 0 aromatic heterocycles. The van der Waals surface area contributed by atoms with Crippen molar-refractivity contribution < 1.29 is 8.42 Å². The monoisotopic (exact) mass is 342 g/mol. The first-order chi connectivity index (χ1) is 11.6. The van der Waals surface area contributed by atoms with Gasteiger partial charge in [-0.3, -0.25) is 0 Å². The molecule has 2 aromatic rings. The smallest absolute Gasteiger partial charge is 0.284 e. The summed E-state index contributed by atoms with van der Waals surface area (Å²) in [6.07, 6.45) is 3.63. The molecule has 4 nitrogen and oxygen atoms in total. The van der Waals surface area contributed by atoms with Crippen LogP contribution < -0.4 is 0 Å². The quantitative estimate of drug-likeness (QED) is 0.592. The summed E-state index contributed by atoms with van der Waals surface area (Å²) in [4.78, 5) is 2.11. The lowest BCUT2D eigenvalue weighted by Gasteiger charge is -2.20. The summed E-state index contributed by atoms with van der Waals surface area (Å²) in [5.41, 5.74) is 0.995. The minimum Gasteiger partial charge on any atom is -0.357 e. The molecule has 0 aliphatic rings. The van der Waals surface area contributed by atoms with E-state index < -0.39 is 10.0 Å². The van der Waals surface area contributed by atoms with Crippen LogP contribution in [0.25, 0.3) is 6.08 Å². The number of likely N-dealkylation sites (N-methyl/N-ethyl adjacent to an activating group) is 1. The molecule has 2 aromatic carbocycles. The lowest BCUT2D eigenvalue weighted by atomic mass is 10.2. The third-order valence-corrected chi connectivity index (χ3v) is 4.86. The second-order valence-electron chi connectivity index (χ2n) is 5.15. The van der Waals surface area contributed by atoms with Crippen molar-refractivity contribution in [1.29, 1.82) is 0 Å². The van der Waals surface area contributed by atoms with Gasteiger partial charge in [0.2, 0.25) is 0 Å². The van der Waals surface area contributed by atoms with Crippen molar-refractivity contribution in [2.24, 2.45) is 4.40 Å². The Morgan fingerprint density at radius 3 is 2.04 bits per heavy atom. The zero-order chi connectivity index (χ0) is 17.4. The molecule has 0 aliphatic heterocycles. The second kappa shape index (κ2) is 8.45. The highest BCUT2D eigenvalue weighted by Crippen LogP contribution is 2.13. The molecule has 0 bridgehead atoms. The number of hydrogen-bond donors (Lipinski definition) is 0. The van der Waals surface area contributed by atoms with Crippen molar-refractivity contribution in [2.75, 3.05) is 13.1 Å². The van der Waals surface area contributed by atoms with E-state index in [4.69, 9.17) is 0 Å². The number of rotatable bonds is 6. The van der Waals surface area contributed by atoms with Gasteiger partial charge in [-0.2, -0.15) is 8.42 Å². The van der Waals surface area contributed by atoms with Gasteiger partial charge in [-0.25, -0.2) is 0 Å². The molecule has 0 atom stereocenters. The van der Waals surface area contributed by atoms with Crippen LogP contribution in [-0.2, 0) is 10.0 Å². The predicted octanol–water partition coefficient (Wildman–Crippen LogP) is 3.83. The summed E-state index contributed by atoms with van der Waals surface area (Å²) in [6.45, 7) is 5.31. The summed E-state index contributed by atoms with van der Waals surface area (Å²) < 4.78 is 29.1. The zero-order valence-corrected chi connectivity index (χ0v) is 14.8. The van der Waals surface area contributed by atoms with Gasteiger partial charge in [-0.05, 0) is 37.6 Å². The molecule has 0 unspecified atom stereocenters. The molecular formula is C19H22N2O2S. The Labute approximate surface area is 144 Å². The number of benzene rings is 2. The minimum absolute atomic E-state index is 0.197. The SMILES string of the molecule is CCN(CC)C(C=Cc1ccccc1)=NS(=O)(=O)c1ccccc1. The van der Waals surface area contributed by atoms with Gasteiger partial charge >= 0.3 is 0 Å². The van der Waals surface area contributed by atoms with Gasteiger partial charge in [-0.1, -0.05) is 54.6 Å². The van der Waals surface area contributed by atoms with E-state index in [1.54, 1.807) is 36.4 Å². The van der Waals surface area contributed by atoms with Gasteiger partial charge in [-0.15, -0.1) is 4.40 Å². The molecular weight excluding hydrogens is 320 g/mol. The van der Waals surface area contributed by atoms with Crippen LogP contribution in [0.2, 0.25) is 0 Å². The molecule has 2 rings (SSSR count). The van der Waals surface area contributed by atoms with Gasteiger partial charge in [0, 0.05) is 13.1 Å². The number of nitrogens with zero attached hydrogens (tertiary/aromatic N) is 2. The van der Waals surface area contributed by atoms with Gasteiger partial charge in [0.1, 0.15) is 5.84 Å². The first-order valence-corrected chi connectivity index (χ1v) is 9.39. The Kier molecular flexibility index (Phi) is 6.32. The van der Waals surface area contributed by atoms with E-state index in [-0.39, 0.29) is 4.90 Å². The Morgan fingerprint density at radius 2 is 1.50 bits per heavy atom. The van der Waals surface area contributed by atoms with Gasteiger partial charge in [0.15, 0.2) is 0 Å². The van der Waals surface area contributed by atoms with Crippen LogP contribution >= 0.6 is 0 Å². The average Bonchev–Trinajstić information content (AvgIpc) is 2.62. The van der Waals surface area contributed by atoms with E-state index in [9.17, 15) is 8.42 Å². The van der Waals surface area contributed by atoms with E-state index in [1.807, 2.05) is 55.2 Å². The fraction of sp³-hybridized carbons (Fsp3) is 0.211. The molecule has 0 radical (unpaired) electrons. The Balaban J connectivity index is 2.41. The molecule has 0 fully saturated rings. The maximum Gasteiger partial charge on any atom is 0.284 e. The van der Waals surface area contributed by atoms with Crippen molar-refractivity contribution in [1.82, 2.24) is 4.90 Å². The summed E-state index contributed by atoms with van der Waals surface area (Å²) in [6, 6.07) is 18.0. The first-order valence-electron chi connectivity index (χ1n) is 7.95. The van der Waals surface area contributed by atoms with Gasteiger partial charge in [0.25, 0.3) is 10.0 Å². The largest absolute Gasteiger partial charge is 0.357 e. The predicted molar refractivity (Wildman–Crippen MR) is 99.5 cm³/mol. The molecule has 0 aliphatic carbocycles. The van der Waals surface area contributed by atoms with Crippen molar-refractivity contribution in [3.8, 4) is 0 Å². The Morgan fingerprint density at radius 1 is 0.958 bits per heavy atom. The number of amidine groups is 1. The highest BCUT2D eigenvalue weighted by atomic mass is 32.2. The van der Waals surface area contributed by atoms with Crippen molar-refractivity contribution in [2.45, 2.75) is 18.7 Å². The molecule has 24 heavy (non-hydrogen) atoms. The third kappa shape index (κ3) is 4.80. The number of sulfonamides is 1. The van der Waals surface area contributed by atoms with E-state index in [0.29, 0.717) is 18.9 Å². The highest BCUT2D eigenvalue weighted by Gasteiger charge is 2.15. The first kappa shape index (κ1) is 17.9. The fourth-order valence-electron chi connectivity index (χ4n) is 2.24. The van der Waals surface area contributed by atoms with E-state index in [2.05, 4.69) is 4.40 Å². The van der Waals surface area contributed by atoms with Crippen molar-refractivity contribution in [3.05, 3.63) is 72.3 Å². The lowest BCUT2D eigenvalue weighted by molar-refractivity contribution is 0.468. The standard InChI is InChI=1S/C19H22N2O2S/c1-3-21(4-2)19(16-15-17-11-7-5-8-12-17)20-24(22,23)18-13-9-6-10-14-18/h5-16H,3-4H2,1-2H3. The van der Waals surface area contributed by atoms with Crippen molar-refractivity contribution >= 4 is 21.9 Å². The molecule has 0 amide bonds. The minimum atomic E-state index is -3.73. The molecule has 0 spiro atoms. The molecule has 0 saturated heterocycles. The average molecular weight is 342 g/mol. The third-order valence-electron chi connectivity index (χ3n) is 3.57. The molecule has 0 N–H and O–H groups in total. The molecule has 5 heteroatoms. The topological polar surface area (TPSA) is 49.7 Å². The van der Waals surface area contributed by atoms with Crippen LogP contribution in [0.5, 0.6) is 0 Å². The van der Waals surface area contributed by atoms with E-state index >= 15 is 0 Å². The molecule has 0 saturated carbocycles. The van der Waals surface area contributed by atoms with E-state index in [0.717, 1.165) is 5.56 Å². The summed E-state index contributed by atoms with van der Waals surface area (Å²) in [7, 11) is -3.73. The maximum absolute atomic E-state index is 12.5. The highest BCUT2D eigenvalue weighted by molar-refractivity contribution is 7.90. The molecule has 126 valence electrons. The van der Waals surface area contributed by atoms with Crippen LogP contribution in [0, 0.1) is 0 Å². The number of hydrogen-bond acceptors (Lipinski definition) is 2.